The van der Waals surface area contributed by atoms with Crippen molar-refractivity contribution in [2.75, 3.05) is 24.3 Å². The van der Waals surface area contributed by atoms with Gasteiger partial charge in [-0.2, -0.15) is 0 Å². The zero-order chi connectivity index (χ0) is 13.7. The Bertz CT molecular complexity index is 440. The molecular formula is C15H22N2O2. The van der Waals surface area contributed by atoms with Gasteiger partial charge in [-0.3, -0.25) is 4.79 Å². The smallest absolute Gasteiger partial charge is 0.224 e. The molecule has 0 radical (unpaired) electrons. The maximum absolute atomic E-state index is 11.9. The lowest BCUT2D eigenvalue weighted by molar-refractivity contribution is -0.116. The average Bonchev–Trinajstić information content (AvgIpc) is 2.41. The first-order chi connectivity index (χ1) is 9.15. The number of ether oxygens (including phenoxy) is 1. The molecule has 1 aromatic rings. The van der Waals surface area contributed by atoms with Crippen LogP contribution >= 0.6 is 0 Å². The Morgan fingerprint density at radius 1 is 1.42 bits per heavy atom. The van der Waals surface area contributed by atoms with Gasteiger partial charge in [0.25, 0.3) is 0 Å². The van der Waals surface area contributed by atoms with E-state index in [4.69, 9.17) is 10.5 Å². The number of anilines is 2. The third-order valence-electron chi connectivity index (χ3n) is 3.60. The minimum Gasteiger partial charge on any atom is -0.397 e. The molecule has 0 aliphatic carbocycles. The highest BCUT2D eigenvalue weighted by Gasteiger charge is 2.15. The fraction of sp³-hybridized carbons (Fsp3) is 0.533. The van der Waals surface area contributed by atoms with Gasteiger partial charge in [-0.1, -0.05) is 6.07 Å². The molecular weight excluding hydrogens is 240 g/mol. The summed E-state index contributed by atoms with van der Waals surface area (Å²) in [5.74, 6) is 0.664. The Balaban J connectivity index is 1.80. The Kier molecular flexibility index (Phi) is 4.80. The molecule has 1 fully saturated rings. The fourth-order valence-electron chi connectivity index (χ4n) is 2.38. The summed E-state index contributed by atoms with van der Waals surface area (Å²) in [6.07, 6.45) is 3.62. The van der Waals surface area contributed by atoms with E-state index in [0.29, 0.717) is 23.7 Å². The molecule has 0 atom stereocenters. The highest BCUT2D eigenvalue weighted by atomic mass is 16.5. The van der Waals surface area contributed by atoms with Gasteiger partial charge in [0.05, 0.1) is 11.4 Å². The number of aryl methyl sites for hydroxylation is 1. The summed E-state index contributed by atoms with van der Waals surface area (Å²) < 4.78 is 5.31. The monoisotopic (exact) mass is 262 g/mol. The predicted octanol–water partition coefficient (Wildman–Crippen LogP) is 2.72. The summed E-state index contributed by atoms with van der Waals surface area (Å²) in [6, 6.07) is 5.68. The van der Waals surface area contributed by atoms with Crippen LogP contribution in [0.2, 0.25) is 0 Å². The molecule has 1 aromatic carbocycles. The van der Waals surface area contributed by atoms with Gasteiger partial charge in [0.1, 0.15) is 0 Å². The zero-order valence-electron chi connectivity index (χ0n) is 11.4. The van der Waals surface area contributed by atoms with E-state index in [9.17, 15) is 4.79 Å². The van der Waals surface area contributed by atoms with Gasteiger partial charge in [0.2, 0.25) is 5.91 Å². The van der Waals surface area contributed by atoms with Gasteiger partial charge in [0.15, 0.2) is 0 Å². The minimum absolute atomic E-state index is 0.0436. The van der Waals surface area contributed by atoms with Crippen molar-refractivity contribution in [3.63, 3.8) is 0 Å². The van der Waals surface area contributed by atoms with Crippen molar-refractivity contribution in [2.24, 2.45) is 5.92 Å². The topological polar surface area (TPSA) is 64.3 Å². The summed E-state index contributed by atoms with van der Waals surface area (Å²) in [7, 11) is 0. The van der Waals surface area contributed by atoms with Crippen LogP contribution in [0.5, 0.6) is 0 Å². The molecule has 19 heavy (non-hydrogen) atoms. The highest BCUT2D eigenvalue weighted by molar-refractivity contribution is 5.93. The van der Waals surface area contributed by atoms with Crippen LogP contribution in [0.25, 0.3) is 0 Å². The molecule has 0 saturated carbocycles. The molecule has 0 bridgehead atoms. The first-order valence-corrected chi connectivity index (χ1v) is 6.89. The number of carbonyl (C=O) groups is 1. The van der Waals surface area contributed by atoms with Crippen LogP contribution in [0.15, 0.2) is 18.2 Å². The Hall–Kier alpha value is -1.55. The number of carbonyl (C=O) groups excluding carboxylic acids is 1. The largest absolute Gasteiger partial charge is 0.397 e. The first kappa shape index (κ1) is 13.9. The van der Waals surface area contributed by atoms with Crippen LogP contribution in [-0.2, 0) is 9.53 Å². The maximum Gasteiger partial charge on any atom is 0.224 e. The van der Waals surface area contributed by atoms with E-state index in [0.717, 1.165) is 38.0 Å². The molecule has 0 spiro atoms. The summed E-state index contributed by atoms with van der Waals surface area (Å²) in [4.78, 5) is 11.9. The Morgan fingerprint density at radius 2 is 2.16 bits per heavy atom. The van der Waals surface area contributed by atoms with Crippen molar-refractivity contribution in [3.8, 4) is 0 Å². The van der Waals surface area contributed by atoms with E-state index in [1.54, 1.807) is 0 Å². The maximum atomic E-state index is 11.9. The van der Waals surface area contributed by atoms with Crippen molar-refractivity contribution in [3.05, 3.63) is 23.8 Å². The number of amides is 1. The lowest BCUT2D eigenvalue weighted by Gasteiger charge is -2.21. The number of rotatable bonds is 4. The van der Waals surface area contributed by atoms with E-state index in [1.807, 2.05) is 25.1 Å². The number of nitrogens with one attached hydrogen (secondary N) is 1. The van der Waals surface area contributed by atoms with Crippen LogP contribution in [0.4, 0.5) is 11.4 Å². The second-order valence-corrected chi connectivity index (χ2v) is 5.23. The molecule has 4 nitrogen and oxygen atoms in total. The molecule has 1 saturated heterocycles. The number of hydrogen-bond acceptors (Lipinski definition) is 3. The van der Waals surface area contributed by atoms with E-state index in [2.05, 4.69) is 5.32 Å². The number of hydrogen-bond donors (Lipinski definition) is 2. The average molecular weight is 262 g/mol. The van der Waals surface area contributed by atoms with Gasteiger partial charge < -0.3 is 15.8 Å². The van der Waals surface area contributed by atoms with E-state index in [1.165, 1.54) is 0 Å². The Morgan fingerprint density at radius 3 is 2.84 bits per heavy atom. The second-order valence-electron chi connectivity index (χ2n) is 5.23. The van der Waals surface area contributed by atoms with E-state index in [-0.39, 0.29) is 5.91 Å². The molecule has 1 amide bonds. The van der Waals surface area contributed by atoms with Crippen molar-refractivity contribution < 1.29 is 9.53 Å². The third-order valence-corrected chi connectivity index (χ3v) is 3.60. The lowest BCUT2D eigenvalue weighted by Crippen LogP contribution is -2.19. The quantitative estimate of drug-likeness (QED) is 0.820. The first-order valence-electron chi connectivity index (χ1n) is 6.89. The van der Waals surface area contributed by atoms with Gasteiger partial charge >= 0.3 is 0 Å². The molecule has 3 N–H and O–H groups in total. The molecule has 1 aliphatic rings. The SMILES string of the molecule is Cc1ccc(NC(=O)CCC2CCOCC2)c(N)c1. The minimum atomic E-state index is 0.0436. The summed E-state index contributed by atoms with van der Waals surface area (Å²) in [5.41, 5.74) is 8.31. The molecule has 104 valence electrons. The molecule has 1 heterocycles. The van der Waals surface area contributed by atoms with Gasteiger partial charge in [-0.25, -0.2) is 0 Å². The number of benzene rings is 1. The summed E-state index contributed by atoms with van der Waals surface area (Å²) in [6.45, 7) is 3.64. The fourth-order valence-corrected chi connectivity index (χ4v) is 2.38. The molecule has 0 unspecified atom stereocenters. The molecule has 4 heteroatoms. The van der Waals surface area contributed by atoms with Crippen LogP contribution in [0, 0.1) is 12.8 Å². The van der Waals surface area contributed by atoms with Crippen LogP contribution in [-0.4, -0.2) is 19.1 Å². The molecule has 2 rings (SSSR count). The summed E-state index contributed by atoms with van der Waals surface area (Å²) in [5, 5.41) is 2.88. The normalized spacial score (nSPS) is 16.3. The summed E-state index contributed by atoms with van der Waals surface area (Å²) >= 11 is 0. The van der Waals surface area contributed by atoms with Crippen molar-refractivity contribution >= 4 is 17.3 Å². The number of nitrogen functional groups attached to an aromatic ring is 1. The molecule has 1 aliphatic heterocycles. The van der Waals surface area contributed by atoms with Crippen LogP contribution in [0.3, 0.4) is 0 Å². The molecule has 0 aromatic heterocycles. The van der Waals surface area contributed by atoms with Crippen LogP contribution in [0.1, 0.15) is 31.2 Å². The lowest BCUT2D eigenvalue weighted by atomic mass is 9.95. The predicted molar refractivity (Wildman–Crippen MR) is 77.0 cm³/mol. The van der Waals surface area contributed by atoms with Crippen molar-refractivity contribution in [1.82, 2.24) is 0 Å². The Labute approximate surface area is 114 Å². The third kappa shape index (κ3) is 4.24. The zero-order valence-corrected chi connectivity index (χ0v) is 11.4. The number of nitrogens with two attached hydrogens (primary N) is 1. The highest BCUT2D eigenvalue weighted by Crippen LogP contribution is 2.22. The second kappa shape index (κ2) is 6.57. The van der Waals surface area contributed by atoms with Crippen molar-refractivity contribution in [1.29, 1.82) is 0 Å². The van der Waals surface area contributed by atoms with Crippen molar-refractivity contribution in [2.45, 2.75) is 32.6 Å². The van der Waals surface area contributed by atoms with Gasteiger partial charge in [-0.15, -0.1) is 0 Å². The van der Waals surface area contributed by atoms with Crippen LogP contribution < -0.4 is 11.1 Å². The standard InChI is InChI=1S/C15H22N2O2/c1-11-2-4-14(13(16)10-11)17-15(18)5-3-12-6-8-19-9-7-12/h2,4,10,12H,3,5-9,16H2,1H3,(H,17,18). The van der Waals surface area contributed by atoms with E-state index >= 15 is 0 Å². The van der Waals surface area contributed by atoms with Gasteiger partial charge in [-0.05, 0) is 49.8 Å². The van der Waals surface area contributed by atoms with E-state index < -0.39 is 0 Å². The van der Waals surface area contributed by atoms with Gasteiger partial charge in [0, 0.05) is 19.6 Å².